The molecule has 0 amide bonds. The van der Waals surface area contributed by atoms with E-state index >= 15 is 0 Å². The van der Waals surface area contributed by atoms with Crippen LogP contribution in [0, 0.1) is 11.8 Å². The van der Waals surface area contributed by atoms with E-state index < -0.39 is 0 Å². The number of rotatable bonds is 6. The molecule has 1 fully saturated rings. The standard InChI is InChI=1S/C13H23N5O/c1-4-14-11-16-12(18-13(17-11)19-3)15-8-10-7-5-6-9(10)2/h9-10H,4-8H2,1-3H3,(H2,14,15,16,17,18). The monoisotopic (exact) mass is 265 g/mol. The average molecular weight is 265 g/mol. The van der Waals surface area contributed by atoms with Gasteiger partial charge in [-0.3, -0.25) is 0 Å². The van der Waals surface area contributed by atoms with Gasteiger partial charge < -0.3 is 15.4 Å². The number of anilines is 2. The minimum Gasteiger partial charge on any atom is -0.467 e. The first-order valence-electron chi connectivity index (χ1n) is 7.00. The lowest BCUT2D eigenvalue weighted by Gasteiger charge is -2.16. The lowest BCUT2D eigenvalue weighted by molar-refractivity contribution is 0.379. The van der Waals surface area contributed by atoms with Gasteiger partial charge in [0.15, 0.2) is 0 Å². The highest BCUT2D eigenvalue weighted by atomic mass is 16.5. The Morgan fingerprint density at radius 1 is 1.16 bits per heavy atom. The molecule has 0 aliphatic heterocycles. The van der Waals surface area contributed by atoms with E-state index in [1.807, 2.05) is 6.92 Å². The van der Waals surface area contributed by atoms with Crippen molar-refractivity contribution in [3.63, 3.8) is 0 Å². The van der Waals surface area contributed by atoms with Gasteiger partial charge in [-0.25, -0.2) is 0 Å². The van der Waals surface area contributed by atoms with E-state index in [2.05, 4.69) is 32.5 Å². The summed E-state index contributed by atoms with van der Waals surface area (Å²) in [5.41, 5.74) is 0. The second kappa shape index (κ2) is 6.54. The van der Waals surface area contributed by atoms with Gasteiger partial charge in [0.1, 0.15) is 0 Å². The molecule has 2 N–H and O–H groups in total. The molecule has 0 saturated heterocycles. The predicted octanol–water partition coefficient (Wildman–Crippen LogP) is 2.16. The summed E-state index contributed by atoms with van der Waals surface area (Å²) >= 11 is 0. The van der Waals surface area contributed by atoms with Gasteiger partial charge in [0.05, 0.1) is 7.11 Å². The van der Waals surface area contributed by atoms with Crippen LogP contribution >= 0.6 is 0 Å². The minimum atomic E-state index is 0.341. The van der Waals surface area contributed by atoms with E-state index in [1.54, 1.807) is 7.11 Å². The Labute approximate surface area is 114 Å². The second-order valence-corrected chi connectivity index (χ2v) is 5.05. The van der Waals surface area contributed by atoms with Crippen LogP contribution < -0.4 is 15.4 Å². The summed E-state index contributed by atoms with van der Waals surface area (Å²) in [6.07, 6.45) is 3.95. The molecule has 1 saturated carbocycles. The first kappa shape index (κ1) is 13.8. The molecule has 0 spiro atoms. The van der Waals surface area contributed by atoms with E-state index in [4.69, 9.17) is 4.74 Å². The zero-order valence-corrected chi connectivity index (χ0v) is 11.9. The maximum Gasteiger partial charge on any atom is 0.322 e. The van der Waals surface area contributed by atoms with Crippen molar-refractivity contribution in [1.29, 1.82) is 0 Å². The molecule has 0 radical (unpaired) electrons. The van der Waals surface area contributed by atoms with Crippen molar-refractivity contribution >= 4 is 11.9 Å². The summed E-state index contributed by atoms with van der Waals surface area (Å²) in [7, 11) is 1.56. The van der Waals surface area contributed by atoms with Crippen molar-refractivity contribution in [2.75, 3.05) is 30.8 Å². The third-order valence-electron chi connectivity index (χ3n) is 3.69. The van der Waals surface area contributed by atoms with Crippen LogP contribution in [-0.4, -0.2) is 35.2 Å². The van der Waals surface area contributed by atoms with Gasteiger partial charge in [0.2, 0.25) is 11.9 Å². The first-order chi connectivity index (χ1) is 9.22. The molecule has 0 aromatic carbocycles. The van der Waals surface area contributed by atoms with Gasteiger partial charge in [-0.1, -0.05) is 19.8 Å². The van der Waals surface area contributed by atoms with Crippen molar-refractivity contribution < 1.29 is 4.74 Å². The van der Waals surface area contributed by atoms with Crippen LogP contribution in [0.4, 0.5) is 11.9 Å². The fourth-order valence-electron chi connectivity index (χ4n) is 2.51. The van der Waals surface area contributed by atoms with Crippen molar-refractivity contribution in [3.05, 3.63) is 0 Å². The smallest absolute Gasteiger partial charge is 0.322 e. The molecule has 0 bridgehead atoms. The number of nitrogens with one attached hydrogen (secondary N) is 2. The largest absolute Gasteiger partial charge is 0.467 e. The normalized spacial score (nSPS) is 22.3. The number of ether oxygens (including phenoxy) is 1. The van der Waals surface area contributed by atoms with Crippen LogP contribution in [0.5, 0.6) is 6.01 Å². The lowest BCUT2D eigenvalue weighted by Crippen LogP contribution is -2.18. The van der Waals surface area contributed by atoms with E-state index in [9.17, 15) is 0 Å². The third kappa shape index (κ3) is 3.68. The summed E-state index contributed by atoms with van der Waals surface area (Å²) in [5, 5.41) is 6.39. The quantitative estimate of drug-likeness (QED) is 0.821. The number of hydrogen-bond acceptors (Lipinski definition) is 6. The molecule has 1 heterocycles. The topological polar surface area (TPSA) is 72.0 Å². The molecular weight excluding hydrogens is 242 g/mol. The second-order valence-electron chi connectivity index (χ2n) is 5.05. The third-order valence-corrected chi connectivity index (χ3v) is 3.69. The van der Waals surface area contributed by atoms with Crippen molar-refractivity contribution in [2.45, 2.75) is 33.1 Å². The molecule has 6 heteroatoms. The molecule has 1 aliphatic carbocycles. The maximum absolute atomic E-state index is 5.09. The SMILES string of the molecule is CCNc1nc(NCC2CCCC2C)nc(OC)n1. The number of aromatic nitrogens is 3. The predicted molar refractivity (Wildman–Crippen MR) is 75.5 cm³/mol. The van der Waals surface area contributed by atoms with Gasteiger partial charge in [-0.05, 0) is 25.2 Å². The number of methoxy groups -OCH3 is 1. The molecule has 2 atom stereocenters. The summed E-state index contributed by atoms with van der Waals surface area (Å²) in [4.78, 5) is 12.7. The van der Waals surface area contributed by atoms with Crippen LogP contribution in [0.1, 0.15) is 33.1 Å². The van der Waals surface area contributed by atoms with Crippen molar-refractivity contribution in [3.8, 4) is 6.01 Å². The van der Waals surface area contributed by atoms with E-state index in [0.717, 1.165) is 19.0 Å². The fraction of sp³-hybridized carbons (Fsp3) is 0.769. The summed E-state index contributed by atoms with van der Waals surface area (Å²) < 4.78 is 5.09. The molecule has 1 aliphatic rings. The Hall–Kier alpha value is -1.59. The lowest BCUT2D eigenvalue weighted by atomic mass is 9.98. The van der Waals surface area contributed by atoms with E-state index in [1.165, 1.54) is 19.3 Å². The van der Waals surface area contributed by atoms with Crippen LogP contribution in [0.15, 0.2) is 0 Å². The minimum absolute atomic E-state index is 0.341. The zero-order chi connectivity index (χ0) is 13.7. The summed E-state index contributed by atoms with van der Waals surface area (Å²) in [6, 6.07) is 0.341. The van der Waals surface area contributed by atoms with Gasteiger partial charge in [-0.2, -0.15) is 15.0 Å². The van der Waals surface area contributed by atoms with Crippen LogP contribution in [0.3, 0.4) is 0 Å². The zero-order valence-electron chi connectivity index (χ0n) is 11.9. The fourth-order valence-corrected chi connectivity index (χ4v) is 2.51. The maximum atomic E-state index is 5.09. The van der Waals surface area contributed by atoms with Crippen LogP contribution in [0.25, 0.3) is 0 Å². The molecule has 2 unspecified atom stereocenters. The average Bonchev–Trinajstić information content (AvgIpc) is 2.82. The molecule has 1 aromatic heterocycles. The van der Waals surface area contributed by atoms with Gasteiger partial charge in [-0.15, -0.1) is 0 Å². The highest BCUT2D eigenvalue weighted by molar-refractivity contribution is 5.35. The molecule has 6 nitrogen and oxygen atoms in total. The Morgan fingerprint density at radius 3 is 2.47 bits per heavy atom. The Balaban J connectivity index is 2.00. The Morgan fingerprint density at radius 2 is 1.89 bits per heavy atom. The highest BCUT2D eigenvalue weighted by Crippen LogP contribution is 2.31. The first-order valence-corrected chi connectivity index (χ1v) is 7.00. The molecule has 19 heavy (non-hydrogen) atoms. The van der Waals surface area contributed by atoms with Crippen molar-refractivity contribution in [1.82, 2.24) is 15.0 Å². The van der Waals surface area contributed by atoms with Crippen LogP contribution in [-0.2, 0) is 0 Å². The summed E-state index contributed by atoms with van der Waals surface area (Å²) in [6.45, 7) is 6.01. The Kier molecular flexibility index (Phi) is 4.76. The van der Waals surface area contributed by atoms with Gasteiger partial charge in [0, 0.05) is 13.1 Å². The van der Waals surface area contributed by atoms with Crippen molar-refractivity contribution in [2.24, 2.45) is 11.8 Å². The number of nitrogens with zero attached hydrogens (tertiary/aromatic N) is 3. The molecular formula is C13H23N5O. The molecule has 106 valence electrons. The van der Waals surface area contributed by atoms with Crippen LogP contribution in [0.2, 0.25) is 0 Å². The molecule has 1 aromatic rings. The van der Waals surface area contributed by atoms with Gasteiger partial charge in [0.25, 0.3) is 0 Å². The number of hydrogen-bond donors (Lipinski definition) is 2. The Bertz CT molecular complexity index is 412. The summed E-state index contributed by atoms with van der Waals surface area (Å²) in [5.74, 6) is 2.63. The van der Waals surface area contributed by atoms with E-state index in [-0.39, 0.29) is 0 Å². The molecule has 2 rings (SSSR count). The van der Waals surface area contributed by atoms with Gasteiger partial charge >= 0.3 is 6.01 Å². The van der Waals surface area contributed by atoms with E-state index in [0.29, 0.717) is 23.8 Å². The highest BCUT2D eigenvalue weighted by Gasteiger charge is 2.23.